The number of carbonyl (C=O) groups is 1. The lowest BCUT2D eigenvalue weighted by molar-refractivity contribution is -0.118. The van der Waals surface area contributed by atoms with Crippen molar-refractivity contribution in [2.24, 2.45) is 0 Å². The minimum Gasteiger partial charge on any atom is -0.299 e. The van der Waals surface area contributed by atoms with Crippen molar-refractivity contribution in [1.29, 1.82) is 0 Å². The molecule has 1 unspecified atom stereocenters. The first-order valence-corrected chi connectivity index (χ1v) is 12.3. The molecule has 1 aliphatic carbocycles. The van der Waals surface area contributed by atoms with Crippen LogP contribution in [0.2, 0.25) is 0 Å². The first-order chi connectivity index (χ1) is 16.6. The molecule has 1 atom stereocenters. The van der Waals surface area contributed by atoms with Crippen LogP contribution in [0.1, 0.15) is 36.8 Å². The van der Waals surface area contributed by atoms with E-state index in [0.29, 0.717) is 5.78 Å². The van der Waals surface area contributed by atoms with Crippen LogP contribution in [0, 0.1) is 0 Å². The molecule has 0 saturated heterocycles. The second-order valence-corrected chi connectivity index (χ2v) is 9.08. The highest BCUT2D eigenvalue weighted by Crippen LogP contribution is 2.38. The molecule has 0 fully saturated rings. The minimum absolute atomic E-state index is 0. The lowest BCUT2D eigenvalue weighted by atomic mass is 9.78. The van der Waals surface area contributed by atoms with E-state index in [0.717, 1.165) is 24.2 Å². The van der Waals surface area contributed by atoms with Crippen LogP contribution in [0.15, 0.2) is 120 Å². The Hall–Kier alpha value is -3.07. The van der Waals surface area contributed by atoms with Crippen LogP contribution in [0.4, 0.5) is 0 Å². The Balaban J connectivity index is 0.000000201. The number of halogens is 1. The van der Waals surface area contributed by atoms with Gasteiger partial charge in [-0.3, -0.25) is 4.79 Å². The van der Waals surface area contributed by atoms with E-state index < -0.39 is 0 Å². The number of hydrogen-bond donors (Lipinski definition) is 1. The number of aryl methyl sites for hydroxylation is 1. The van der Waals surface area contributed by atoms with Gasteiger partial charge in [0.15, 0.2) is 0 Å². The zero-order valence-corrected chi connectivity index (χ0v) is 21.6. The largest absolute Gasteiger partial charge is 0.299 e. The fourth-order valence-corrected chi connectivity index (χ4v) is 4.82. The van der Waals surface area contributed by atoms with E-state index >= 15 is 0 Å². The van der Waals surface area contributed by atoms with Gasteiger partial charge in [0.05, 0.1) is 0 Å². The van der Waals surface area contributed by atoms with E-state index in [1.807, 2.05) is 66.7 Å². The van der Waals surface area contributed by atoms with Crippen molar-refractivity contribution >= 4 is 52.4 Å². The van der Waals surface area contributed by atoms with Crippen LogP contribution in [0.5, 0.6) is 0 Å². The van der Waals surface area contributed by atoms with E-state index in [1.54, 1.807) is 6.92 Å². The van der Waals surface area contributed by atoms with E-state index in [2.05, 4.69) is 61.2 Å². The Morgan fingerprint density at radius 2 is 1.26 bits per heavy atom. The molecule has 0 aliphatic heterocycles. The number of ketones is 1. The summed E-state index contributed by atoms with van der Waals surface area (Å²) < 4.78 is 0. The maximum atomic E-state index is 11.9. The summed E-state index contributed by atoms with van der Waals surface area (Å²) in [6.45, 7) is 1.73. The Labute approximate surface area is 220 Å². The third-order valence-corrected chi connectivity index (χ3v) is 6.58. The standard InChI is InChI=1S/C20H18O.C6H6S.C6H6.ClH/c1-13(21)15-7-4-8-17-18(15)11-12-19-16-6-3-2-5-14(16)9-10-20(17)19;7-6-4-2-1-3-5-6;1-2-4-6-5-3-1;/h2-3,5-6,9-12,15H,4,7-8H2,1H3;1-5,7H;1-6H;1H. The molecule has 0 spiro atoms. The molecule has 0 bridgehead atoms. The Kier molecular flexibility index (Phi) is 9.96. The van der Waals surface area contributed by atoms with Gasteiger partial charge in [-0.25, -0.2) is 0 Å². The molecule has 6 rings (SSSR count). The van der Waals surface area contributed by atoms with Gasteiger partial charge >= 0.3 is 0 Å². The molecule has 5 aromatic carbocycles. The van der Waals surface area contributed by atoms with Gasteiger partial charge in [-0.15, -0.1) is 25.0 Å². The third kappa shape index (κ3) is 6.75. The highest BCUT2D eigenvalue weighted by Gasteiger charge is 2.25. The summed E-state index contributed by atoms with van der Waals surface area (Å²) in [6, 6.07) is 39.2. The van der Waals surface area contributed by atoms with Crippen molar-refractivity contribution in [2.45, 2.75) is 37.0 Å². The molecule has 0 amide bonds. The van der Waals surface area contributed by atoms with Gasteiger partial charge in [0, 0.05) is 10.8 Å². The highest BCUT2D eigenvalue weighted by molar-refractivity contribution is 7.80. The third-order valence-electron chi connectivity index (χ3n) is 6.28. The maximum absolute atomic E-state index is 11.9. The lowest BCUT2D eigenvalue weighted by Crippen LogP contribution is -2.16. The van der Waals surface area contributed by atoms with Crippen molar-refractivity contribution in [3.05, 3.63) is 126 Å². The quantitative estimate of drug-likeness (QED) is 0.180. The van der Waals surface area contributed by atoms with Crippen molar-refractivity contribution in [3.8, 4) is 0 Å². The molecular weight excluding hydrogens is 468 g/mol. The topological polar surface area (TPSA) is 17.1 Å². The molecule has 3 heteroatoms. The second-order valence-electron chi connectivity index (χ2n) is 8.56. The Bertz CT molecular complexity index is 1340. The summed E-state index contributed by atoms with van der Waals surface area (Å²) in [5, 5.41) is 5.24. The molecule has 0 heterocycles. The first-order valence-electron chi connectivity index (χ1n) is 11.8. The molecule has 0 N–H and O–H groups in total. The molecule has 178 valence electrons. The normalized spacial score (nSPS) is 13.8. The minimum atomic E-state index is 0. The van der Waals surface area contributed by atoms with E-state index in [-0.39, 0.29) is 18.3 Å². The number of fused-ring (bicyclic) bond motifs is 5. The first kappa shape index (κ1) is 26.5. The van der Waals surface area contributed by atoms with Crippen LogP contribution in [-0.4, -0.2) is 5.78 Å². The number of thiol groups is 1. The Morgan fingerprint density at radius 3 is 1.86 bits per heavy atom. The molecule has 0 aromatic heterocycles. The summed E-state index contributed by atoms with van der Waals surface area (Å²) in [5.41, 5.74) is 2.65. The predicted molar refractivity (Wildman–Crippen MR) is 155 cm³/mol. The fraction of sp³-hybridized carbons (Fsp3) is 0.156. The number of hydrogen-bond acceptors (Lipinski definition) is 2. The van der Waals surface area contributed by atoms with Crippen molar-refractivity contribution < 1.29 is 4.79 Å². The molecular formula is C32H31ClOS. The number of carbonyl (C=O) groups excluding carboxylic acids is 1. The van der Waals surface area contributed by atoms with Crippen molar-refractivity contribution in [2.75, 3.05) is 0 Å². The monoisotopic (exact) mass is 498 g/mol. The van der Waals surface area contributed by atoms with E-state index in [1.165, 1.54) is 32.7 Å². The van der Waals surface area contributed by atoms with Gasteiger partial charge in [0.25, 0.3) is 0 Å². The van der Waals surface area contributed by atoms with Gasteiger partial charge in [0.1, 0.15) is 5.78 Å². The predicted octanol–water partition coefficient (Wildman–Crippen LogP) is 9.09. The Morgan fingerprint density at radius 1 is 0.686 bits per heavy atom. The van der Waals surface area contributed by atoms with Crippen LogP contribution >= 0.6 is 25.0 Å². The van der Waals surface area contributed by atoms with Gasteiger partial charge in [-0.2, -0.15) is 0 Å². The molecule has 0 radical (unpaired) electrons. The SMILES string of the molecule is CC(=O)C1CCCc2c1ccc1c2ccc2ccccc21.Cl.Sc1ccccc1.c1ccccc1. The summed E-state index contributed by atoms with van der Waals surface area (Å²) in [7, 11) is 0. The van der Waals surface area contributed by atoms with Crippen LogP contribution in [-0.2, 0) is 11.2 Å². The smallest absolute Gasteiger partial charge is 0.137 e. The fourth-order valence-electron chi connectivity index (χ4n) is 4.65. The second kappa shape index (κ2) is 13.1. The van der Waals surface area contributed by atoms with Crippen LogP contribution in [0.25, 0.3) is 21.5 Å². The van der Waals surface area contributed by atoms with E-state index in [4.69, 9.17) is 0 Å². The summed E-state index contributed by atoms with van der Waals surface area (Å²) >= 11 is 4.08. The average molecular weight is 499 g/mol. The summed E-state index contributed by atoms with van der Waals surface area (Å²) in [4.78, 5) is 12.9. The molecule has 0 saturated carbocycles. The maximum Gasteiger partial charge on any atom is 0.137 e. The number of Topliss-reactive ketones (excluding diaryl/α,β-unsaturated/α-hetero) is 1. The van der Waals surface area contributed by atoms with Crippen molar-refractivity contribution in [1.82, 2.24) is 0 Å². The number of benzene rings is 5. The van der Waals surface area contributed by atoms with Gasteiger partial charge in [0.2, 0.25) is 0 Å². The van der Waals surface area contributed by atoms with E-state index in [9.17, 15) is 4.79 Å². The number of rotatable bonds is 1. The molecule has 1 aliphatic rings. The van der Waals surface area contributed by atoms with Crippen LogP contribution < -0.4 is 0 Å². The van der Waals surface area contributed by atoms with Crippen molar-refractivity contribution in [3.63, 3.8) is 0 Å². The lowest BCUT2D eigenvalue weighted by Gasteiger charge is -2.25. The van der Waals surface area contributed by atoms with Gasteiger partial charge < -0.3 is 0 Å². The molecule has 35 heavy (non-hydrogen) atoms. The summed E-state index contributed by atoms with van der Waals surface area (Å²) in [5.74, 6) is 0.403. The van der Waals surface area contributed by atoms with Gasteiger partial charge in [-0.05, 0) is 71.0 Å². The highest BCUT2D eigenvalue weighted by atomic mass is 35.5. The zero-order chi connectivity index (χ0) is 23.8. The molecule has 1 nitrogen and oxygen atoms in total. The zero-order valence-electron chi connectivity index (χ0n) is 19.9. The van der Waals surface area contributed by atoms with Crippen LogP contribution in [0.3, 0.4) is 0 Å². The van der Waals surface area contributed by atoms with Gasteiger partial charge in [-0.1, -0.05) is 103 Å². The molecule has 5 aromatic rings. The average Bonchev–Trinajstić information content (AvgIpc) is 2.90. The summed E-state index contributed by atoms with van der Waals surface area (Å²) in [6.07, 6.45) is 3.21.